The molecule has 0 radical (unpaired) electrons. The van der Waals surface area contributed by atoms with E-state index in [0.29, 0.717) is 24.9 Å². The molecular formula is C22H28Cl2N2. The average Bonchev–Trinajstić information content (AvgIpc) is 3.63. The maximum atomic E-state index is 5.86. The minimum absolute atomic E-state index is 0.197. The molecule has 26 heavy (non-hydrogen) atoms. The van der Waals surface area contributed by atoms with Crippen LogP contribution in [0.5, 0.6) is 0 Å². The zero-order chi connectivity index (χ0) is 18.6. The number of hydrogen-bond donors (Lipinski definition) is 2. The van der Waals surface area contributed by atoms with Crippen LogP contribution in [-0.2, 0) is 10.8 Å². The van der Waals surface area contributed by atoms with Crippen molar-refractivity contribution in [1.82, 2.24) is 0 Å². The average molecular weight is 391 g/mol. The van der Waals surface area contributed by atoms with Gasteiger partial charge in [-0.15, -0.1) is 23.2 Å². The Bertz CT molecular complexity index is 632. The summed E-state index contributed by atoms with van der Waals surface area (Å²) in [5.74, 6) is 2.63. The van der Waals surface area contributed by atoms with Gasteiger partial charge < -0.3 is 11.5 Å². The number of benzene rings is 2. The van der Waals surface area contributed by atoms with Crippen LogP contribution < -0.4 is 11.5 Å². The molecule has 2 saturated carbocycles. The van der Waals surface area contributed by atoms with E-state index in [1.807, 2.05) is 12.1 Å². The number of alkyl halides is 2. The summed E-state index contributed by atoms with van der Waals surface area (Å²) in [6.45, 7) is 1.43. The van der Waals surface area contributed by atoms with Gasteiger partial charge in [0.1, 0.15) is 0 Å². The summed E-state index contributed by atoms with van der Waals surface area (Å²) >= 11 is 11.7. The highest BCUT2D eigenvalue weighted by Crippen LogP contribution is 2.54. The molecule has 4 atom stereocenters. The fraction of sp³-hybridized carbons (Fsp3) is 0.455. The smallest absolute Gasteiger partial charge is 0.0261 e. The quantitative estimate of drug-likeness (QED) is 0.722. The van der Waals surface area contributed by atoms with Gasteiger partial charge in [-0.05, 0) is 35.8 Å². The Morgan fingerprint density at radius 3 is 1.27 bits per heavy atom. The van der Waals surface area contributed by atoms with Crippen molar-refractivity contribution in [3.8, 4) is 0 Å². The highest BCUT2D eigenvalue weighted by molar-refractivity contribution is 6.18. The van der Waals surface area contributed by atoms with E-state index in [1.165, 1.54) is 11.1 Å². The van der Waals surface area contributed by atoms with Crippen molar-refractivity contribution in [1.29, 1.82) is 0 Å². The molecule has 0 aromatic heterocycles. The van der Waals surface area contributed by atoms with E-state index in [9.17, 15) is 0 Å². The second-order valence-electron chi connectivity index (χ2n) is 7.56. The van der Waals surface area contributed by atoms with E-state index >= 15 is 0 Å². The first-order valence-corrected chi connectivity index (χ1v) is 10.4. The van der Waals surface area contributed by atoms with E-state index in [1.54, 1.807) is 0 Å². The van der Waals surface area contributed by atoms with Crippen molar-refractivity contribution in [2.75, 3.05) is 24.8 Å². The molecule has 4 heteroatoms. The number of hydrogen-bond acceptors (Lipinski definition) is 2. The summed E-state index contributed by atoms with van der Waals surface area (Å²) in [6, 6.07) is 20.9. The minimum atomic E-state index is 0.197. The molecule has 0 saturated heterocycles. The highest BCUT2D eigenvalue weighted by Gasteiger charge is 2.54. The molecule has 4 rings (SSSR count). The van der Waals surface area contributed by atoms with Gasteiger partial charge in [-0.1, -0.05) is 60.7 Å². The van der Waals surface area contributed by atoms with Gasteiger partial charge in [-0.25, -0.2) is 0 Å². The van der Waals surface area contributed by atoms with Crippen LogP contribution in [0.3, 0.4) is 0 Å². The van der Waals surface area contributed by atoms with Crippen molar-refractivity contribution in [3.63, 3.8) is 0 Å². The normalized spacial score (nSPS) is 31.7. The Labute approximate surface area is 166 Å². The van der Waals surface area contributed by atoms with Crippen molar-refractivity contribution in [3.05, 3.63) is 71.8 Å². The Kier molecular flexibility index (Phi) is 6.29. The summed E-state index contributed by atoms with van der Waals surface area (Å²) in [5, 5.41) is 0. The Morgan fingerprint density at radius 2 is 1.04 bits per heavy atom. The zero-order valence-electron chi connectivity index (χ0n) is 15.1. The maximum absolute atomic E-state index is 5.86. The lowest BCUT2D eigenvalue weighted by Crippen LogP contribution is -2.22. The topological polar surface area (TPSA) is 52.0 Å². The molecule has 0 aliphatic heterocycles. The van der Waals surface area contributed by atoms with Crippen LogP contribution in [0.4, 0.5) is 0 Å². The first kappa shape index (κ1) is 19.7. The van der Waals surface area contributed by atoms with E-state index in [4.69, 9.17) is 34.7 Å². The van der Waals surface area contributed by atoms with Crippen LogP contribution in [0.1, 0.15) is 24.0 Å². The second-order valence-corrected chi connectivity index (χ2v) is 8.18. The molecule has 0 unspecified atom stereocenters. The second kappa shape index (κ2) is 8.31. The molecule has 140 valence electrons. The molecule has 2 nitrogen and oxygen atoms in total. The number of halogens is 2. The molecule has 4 N–H and O–H groups in total. The molecule has 2 fully saturated rings. The maximum Gasteiger partial charge on any atom is 0.0261 e. The lowest BCUT2D eigenvalue weighted by molar-refractivity contribution is 0.644. The monoisotopic (exact) mass is 390 g/mol. The van der Waals surface area contributed by atoms with E-state index < -0.39 is 0 Å². The zero-order valence-corrected chi connectivity index (χ0v) is 16.6. The van der Waals surface area contributed by atoms with Crippen LogP contribution in [-0.4, -0.2) is 24.8 Å². The molecule has 0 bridgehead atoms. The van der Waals surface area contributed by atoms with Crippen molar-refractivity contribution < 1.29 is 0 Å². The lowest BCUT2D eigenvalue weighted by Gasteiger charge is -2.14. The van der Waals surface area contributed by atoms with Gasteiger partial charge in [0.2, 0.25) is 0 Å². The fourth-order valence-corrected chi connectivity index (χ4v) is 4.96. The summed E-state index contributed by atoms with van der Waals surface area (Å²) in [6.07, 6.45) is 2.30. The summed E-state index contributed by atoms with van der Waals surface area (Å²) in [5.41, 5.74) is 14.7. The van der Waals surface area contributed by atoms with Gasteiger partial charge in [0.05, 0.1) is 0 Å². The standard InChI is InChI=1S/2C11H14ClN/c2*12-7-10-6-11(10,8-13)9-4-2-1-3-5-9/h2*1-5,10H,6-8,13H2/t10-,11+;10-,11-/m00/s1. The van der Waals surface area contributed by atoms with Gasteiger partial charge >= 0.3 is 0 Å². The predicted octanol–water partition coefficient (Wildman–Crippen LogP) is 4.28. The fourth-order valence-electron chi connectivity index (χ4n) is 4.15. The van der Waals surface area contributed by atoms with Gasteiger partial charge in [-0.2, -0.15) is 0 Å². The third kappa shape index (κ3) is 3.66. The number of nitrogens with two attached hydrogens (primary N) is 2. The van der Waals surface area contributed by atoms with E-state index in [0.717, 1.165) is 24.6 Å². The van der Waals surface area contributed by atoms with Gasteiger partial charge in [0, 0.05) is 35.7 Å². The lowest BCUT2D eigenvalue weighted by atomic mass is 9.94. The highest BCUT2D eigenvalue weighted by atomic mass is 35.5. The van der Waals surface area contributed by atoms with Gasteiger partial charge in [-0.3, -0.25) is 0 Å². The minimum Gasteiger partial charge on any atom is -0.330 e. The van der Waals surface area contributed by atoms with Crippen LogP contribution in [0, 0.1) is 11.8 Å². The van der Waals surface area contributed by atoms with E-state index in [-0.39, 0.29) is 10.8 Å². The first-order valence-electron chi connectivity index (χ1n) is 9.30. The molecule has 2 aliphatic rings. The molecule has 0 heterocycles. The van der Waals surface area contributed by atoms with Crippen LogP contribution in [0.2, 0.25) is 0 Å². The van der Waals surface area contributed by atoms with Crippen molar-refractivity contribution >= 4 is 23.2 Å². The third-order valence-electron chi connectivity index (χ3n) is 6.26. The summed E-state index contributed by atoms with van der Waals surface area (Å²) in [4.78, 5) is 0. The summed E-state index contributed by atoms with van der Waals surface area (Å²) in [7, 11) is 0. The third-order valence-corrected chi connectivity index (χ3v) is 7.01. The SMILES string of the molecule is NC[C@@]1(c2ccccc2)C[C@H]1CCl.NC[C@]1(c2ccccc2)C[C@H]1CCl. The first-order chi connectivity index (χ1) is 12.7. The van der Waals surface area contributed by atoms with Crippen molar-refractivity contribution in [2.24, 2.45) is 23.3 Å². The Morgan fingerprint density at radius 1 is 0.692 bits per heavy atom. The van der Waals surface area contributed by atoms with E-state index in [2.05, 4.69) is 48.5 Å². The van der Waals surface area contributed by atoms with Gasteiger partial charge in [0.25, 0.3) is 0 Å². The molecular weight excluding hydrogens is 363 g/mol. The molecule has 2 aliphatic carbocycles. The number of rotatable bonds is 6. The molecule has 0 amide bonds. The molecule has 2 aromatic rings. The molecule has 0 spiro atoms. The van der Waals surface area contributed by atoms with Gasteiger partial charge in [0.15, 0.2) is 0 Å². The largest absolute Gasteiger partial charge is 0.330 e. The van der Waals surface area contributed by atoms with Crippen LogP contribution in [0.15, 0.2) is 60.7 Å². The Balaban J connectivity index is 0.000000151. The Hall–Kier alpha value is -1.06. The van der Waals surface area contributed by atoms with Crippen molar-refractivity contribution in [2.45, 2.75) is 23.7 Å². The molecule has 2 aromatic carbocycles. The van der Waals surface area contributed by atoms with Crippen LogP contribution >= 0.6 is 23.2 Å². The van der Waals surface area contributed by atoms with Crippen LogP contribution in [0.25, 0.3) is 0 Å². The summed E-state index contributed by atoms with van der Waals surface area (Å²) < 4.78 is 0. The predicted molar refractivity (Wildman–Crippen MR) is 112 cm³/mol.